The highest BCUT2D eigenvalue weighted by Gasteiger charge is 2.34. The Kier molecular flexibility index (Phi) is 0.569. The van der Waals surface area contributed by atoms with Crippen molar-refractivity contribution in [2.45, 2.75) is 12.5 Å². The summed E-state index contributed by atoms with van der Waals surface area (Å²) in [5.74, 6) is 4.96. The SMILES string of the molecule is N/[NH+]=C1/CC1N. The molecule has 0 radical (unpaired) electrons. The van der Waals surface area contributed by atoms with Gasteiger partial charge in [0.05, 0.1) is 12.5 Å². The second kappa shape index (κ2) is 0.944. The topological polar surface area (TPSA) is 66.0 Å². The van der Waals surface area contributed by atoms with Crippen LogP contribution in [0.4, 0.5) is 0 Å². The van der Waals surface area contributed by atoms with Crippen LogP contribution >= 0.6 is 0 Å². The predicted molar refractivity (Wildman–Crippen MR) is 22.7 cm³/mol. The van der Waals surface area contributed by atoms with Crippen molar-refractivity contribution in [1.82, 2.24) is 0 Å². The first-order valence-electron chi connectivity index (χ1n) is 1.92. The molecule has 0 aromatic carbocycles. The van der Waals surface area contributed by atoms with Crippen LogP contribution in [-0.2, 0) is 0 Å². The molecule has 1 fully saturated rings. The summed E-state index contributed by atoms with van der Waals surface area (Å²) in [4.78, 5) is 0. The molecule has 0 spiro atoms. The van der Waals surface area contributed by atoms with Gasteiger partial charge in [0.25, 0.3) is 0 Å². The summed E-state index contributed by atoms with van der Waals surface area (Å²) in [7, 11) is 0. The normalized spacial score (nSPS) is 37.5. The first-order valence-corrected chi connectivity index (χ1v) is 1.92. The van der Waals surface area contributed by atoms with Gasteiger partial charge in [0.1, 0.15) is 0 Å². The fraction of sp³-hybridized carbons (Fsp3) is 0.667. The highest BCUT2D eigenvalue weighted by molar-refractivity contribution is 5.99. The fourth-order valence-electron chi connectivity index (χ4n) is 0.344. The summed E-state index contributed by atoms with van der Waals surface area (Å²) in [6.07, 6.45) is 0.955. The van der Waals surface area contributed by atoms with Crippen LogP contribution in [0.1, 0.15) is 6.42 Å². The van der Waals surface area contributed by atoms with Gasteiger partial charge in [-0.2, -0.15) is 0 Å². The zero-order valence-corrected chi connectivity index (χ0v) is 3.44. The van der Waals surface area contributed by atoms with E-state index in [1.807, 2.05) is 0 Å². The first-order chi connectivity index (χ1) is 2.84. The average molecular weight is 86.1 g/mol. The van der Waals surface area contributed by atoms with E-state index in [1.54, 1.807) is 0 Å². The maximum Gasteiger partial charge on any atom is 0.198 e. The lowest BCUT2D eigenvalue weighted by molar-refractivity contribution is -0.467. The number of nitrogens with one attached hydrogen (secondary N) is 1. The number of rotatable bonds is 0. The molecule has 0 aromatic heterocycles. The standard InChI is InChI=1S/C3H7N3/c4-2-1-3(2)6-5/h2H,1,4-5H2/p+1/b6-3-. The van der Waals surface area contributed by atoms with E-state index in [9.17, 15) is 0 Å². The van der Waals surface area contributed by atoms with Crippen molar-refractivity contribution in [3.63, 3.8) is 0 Å². The van der Waals surface area contributed by atoms with Gasteiger partial charge in [-0.3, -0.25) is 0 Å². The molecular formula is C3H8N3+. The van der Waals surface area contributed by atoms with Crippen LogP contribution in [0.25, 0.3) is 0 Å². The Morgan fingerprint density at radius 1 is 1.83 bits per heavy atom. The van der Waals surface area contributed by atoms with Crippen molar-refractivity contribution in [1.29, 1.82) is 0 Å². The molecular weight excluding hydrogens is 78.1 g/mol. The van der Waals surface area contributed by atoms with Crippen molar-refractivity contribution in [3.8, 4) is 0 Å². The van der Waals surface area contributed by atoms with E-state index < -0.39 is 0 Å². The van der Waals surface area contributed by atoms with Gasteiger partial charge in [-0.05, 0) is 0 Å². The highest BCUT2D eigenvalue weighted by atomic mass is 15.1. The number of hydrogen-bond donors (Lipinski definition) is 3. The van der Waals surface area contributed by atoms with E-state index >= 15 is 0 Å². The fourth-order valence-corrected chi connectivity index (χ4v) is 0.344. The molecule has 0 heterocycles. The van der Waals surface area contributed by atoms with Crippen LogP contribution in [0.2, 0.25) is 0 Å². The molecule has 1 saturated carbocycles. The van der Waals surface area contributed by atoms with Gasteiger partial charge in [0.2, 0.25) is 0 Å². The summed E-state index contributed by atoms with van der Waals surface area (Å²) in [6, 6.07) is 0.245. The summed E-state index contributed by atoms with van der Waals surface area (Å²) < 4.78 is 0. The van der Waals surface area contributed by atoms with Crippen molar-refractivity contribution in [2.24, 2.45) is 11.6 Å². The second-order valence-electron chi connectivity index (χ2n) is 1.48. The lowest BCUT2D eigenvalue weighted by Gasteiger charge is -1.60. The minimum absolute atomic E-state index is 0.245. The molecule has 1 unspecified atom stereocenters. The van der Waals surface area contributed by atoms with Crippen LogP contribution < -0.4 is 16.7 Å². The molecule has 0 aliphatic heterocycles. The maximum atomic E-state index is 5.30. The third-order valence-electron chi connectivity index (χ3n) is 0.913. The quantitative estimate of drug-likeness (QED) is 0.219. The molecule has 1 aliphatic rings. The van der Waals surface area contributed by atoms with Gasteiger partial charge in [-0.15, -0.1) is 5.10 Å². The summed E-state index contributed by atoms with van der Waals surface area (Å²) >= 11 is 0. The van der Waals surface area contributed by atoms with E-state index in [-0.39, 0.29) is 6.04 Å². The smallest absolute Gasteiger partial charge is 0.198 e. The van der Waals surface area contributed by atoms with E-state index in [2.05, 4.69) is 5.10 Å². The molecule has 1 aliphatic carbocycles. The van der Waals surface area contributed by atoms with Crippen molar-refractivity contribution in [2.75, 3.05) is 0 Å². The zero-order valence-electron chi connectivity index (χ0n) is 3.44. The van der Waals surface area contributed by atoms with Gasteiger partial charge in [0, 0.05) is 0 Å². The monoisotopic (exact) mass is 86.1 g/mol. The van der Waals surface area contributed by atoms with Crippen molar-refractivity contribution < 1.29 is 5.10 Å². The highest BCUT2D eigenvalue weighted by Crippen LogP contribution is 2.05. The summed E-state index contributed by atoms with van der Waals surface area (Å²) in [5.41, 5.74) is 6.36. The molecule has 3 heteroatoms. The Hall–Kier alpha value is -0.570. The Labute approximate surface area is 36.0 Å². The molecule has 0 aromatic rings. The zero-order chi connectivity index (χ0) is 4.57. The molecule has 1 rings (SSSR count). The average Bonchev–Trinajstić information content (AvgIpc) is 2.19. The predicted octanol–water partition coefficient (Wildman–Crippen LogP) is -2.89. The van der Waals surface area contributed by atoms with E-state index in [0.717, 1.165) is 12.1 Å². The van der Waals surface area contributed by atoms with Crippen LogP contribution in [0.3, 0.4) is 0 Å². The maximum absolute atomic E-state index is 5.30. The Balaban J connectivity index is 2.44. The Bertz CT molecular complexity index is 86.0. The largest absolute Gasteiger partial charge is 0.319 e. The minimum Gasteiger partial charge on any atom is -0.319 e. The third kappa shape index (κ3) is 0.367. The number of nitrogens with two attached hydrogens (primary N) is 2. The van der Waals surface area contributed by atoms with Crippen molar-refractivity contribution >= 4 is 5.71 Å². The lowest BCUT2D eigenvalue weighted by Crippen LogP contribution is -2.78. The van der Waals surface area contributed by atoms with Gasteiger partial charge in [-0.25, -0.2) is 5.84 Å². The van der Waals surface area contributed by atoms with E-state index in [4.69, 9.17) is 11.6 Å². The molecule has 0 amide bonds. The van der Waals surface area contributed by atoms with Crippen LogP contribution in [0, 0.1) is 0 Å². The van der Waals surface area contributed by atoms with E-state index in [1.165, 1.54) is 0 Å². The lowest BCUT2D eigenvalue weighted by atomic mass is 10.8. The number of hydrazone groups is 1. The molecule has 1 atom stereocenters. The van der Waals surface area contributed by atoms with Gasteiger partial charge >= 0.3 is 0 Å². The van der Waals surface area contributed by atoms with Gasteiger partial charge in [-0.1, -0.05) is 0 Å². The molecule has 3 nitrogen and oxygen atoms in total. The summed E-state index contributed by atoms with van der Waals surface area (Å²) in [5, 5.41) is 2.48. The third-order valence-corrected chi connectivity index (χ3v) is 0.913. The van der Waals surface area contributed by atoms with Crippen LogP contribution in [0.15, 0.2) is 0 Å². The van der Waals surface area contributed by atoms with E-state index in [0.29, 0.717) is 0 Å². The second-order valence-corrected chi connectivity index (χ2v) is 1.48. The van der Waals surface area contributed by atoms with Crippen molar-refractivity contribution in [3.05, 3.63) is 0 Å². The Morgan fingerprint density at radius 3 is 2.33 bits per heavy atom. The van der Waals surface area contributed by atoms with Crippen LogP contribution in [0.5, 0.6) is 0 Å². The number of hydrazine groups is 1. The molecule has 0 bridgehead atoms. The molecule has 0 saturated heterocycles. The molecule has 6 heavy (non-hydrogen) atoms. The van der Waals surface area contributed by atoms with Crippen LogP contribution in [-0.4, -0.2) is 11.8 Å². The Morgan fingerprint density at radius 2 is 2.33 bits per heavy atom. The van der Waals surface area contributed by atoms with Gasteiger partial charge in [0.15, 0.2) is 5.71 Å². The minimum atomic E-state index is 0.245. The van der Waals surface area contributed by atoms with Gasteiger partial charge < -0.3 is 5.73 Å². The number of hydrogen-bond acceptors (Lipinski definition) is 2. The molecule has 5 N–H and O–H groups in total. The molecule has 34 valence electrons. The first kappa shape index (κ1) is 3.61. The summed E-state index contributed by atoms with van der Waals surface area (Å²) in [6.45, 7) is 0.